The molecule has 1 atom stereocenters. The summed E-state index contributed by atoms with van der Waals surface area (Å²) in [6.45, 7) is 4.77. The van der Waals surface area contributed by atoms with E-state index in [1.807, 2.05) is 0 Å². The number of fused-ring (bicyclic) bond motifs is 1. The number of likely N-dealkylation sites (tertiary alicyclic amines) is 1. The third kappa shape index (κ3) is 2.93. The molecule has 3 nitrogen and oxygen atoms in total. The Labute approximate surface area is 115 Å². The lowest BCUT2D eigenvalue weighted by Gasteiger charge is -2.34. The second-order valence-electron chi connectivity index (χ2n) is 5.68. The Bertz CT molecular complexity index is 427. The molecule has 2 aliphatic heterocycles. The fourth-order valence-corrected chi connectivity index (χ4v) is 3.32. The van der Waals surface area contributed by atoms with Gasteiger partial charge in [-0.3, -0.25) is 0 Å². The molecule has 0 aliphatic carbocycles. The Balaban J connectivity index is 1.74. The van der Waals surface area contributed by atoms with Gasteiger partial charge in [0.15, 0.2) is 0 Å². The first-order chi connectivity index (χ1) is 9.36. The Hall–Kier alpha value is -1.06. The van der Waals surface area contributed by atoms with Crippen LogP contribution >= 0.6 is 0 Å². The smallest absolute Gasteiger partial charge is 0.119 e. The Morgan fingerprint density at radius 2 is 2.11 bits per heavy atom. The van der Waals surface area contributed by atoms with Gasteiger partial charge in [-0.2, -0.15) is 0 Å². The average Bonchev–Trinajstić information content (AvgIpc) is 2.48. The molecule has 1 saturated heterocycles. The van der Waals surface area contributed by atoms with E-state index in [2.05, 4.69) is 28.4 Å². The molecule has 1 fully saturated rings. The molecule has 1 N–H and O–H groups in total. The van der Waals surface area contributed by atoms with E-state index in [9.17, 15) is 0 Å². The molecule has 2 heterocycles. The van der Waals surface area contributed by atoms with Crippen LogP contribution in [0, 0.1) is 0 Å². The zero-order valence-electron chi connectivity index (χ0n) is 11.8. The maximum atomic E-state index is 5.33. The van der Waals surface area contributed by atoms with E-state index in [1.165, 1.54) is 43.5 Å². The second kappa shape index (κ2) is 5.93. The Kier molecular flexibility index (Phi) is 4.04. The molecule has 0 spiro atoms. The monoisotopic (exact) mass is 260 g/mol. The average molecular weight is 260 g/mol. The van der Waals surface area contributed by atoms with Crippen LogP contribution in [0.1, 0.15) is 36.4 Å². The minimum absolute atomic E-state index is 0.493. The number of nitrogens with one attached hydrogen (secondary N) is 1. The highest BCUT2D eigenvalue weighted by Gasteiger charge is 2.23. The van der Waals surface area contributed by atoms with Crippen molar-refractivity contribution >= 4 is 0 Å². The van der Waals surface area contributed by atoms with Gasteiger partial charge in [-0.1, -0.05) is 12.5 Å². The topological polar surface area (TPSA) is 24.5 Å². The molecule has 0 saturated carbocycles. The second-order valence-corrected chi connectivity index (χ2v) is 5.68. The third-order valence-corrected chi connectivity index (χ3v) is 4.40. The number of ether oxygens (including phenoxy) is 1. The van der Waals surface area contributed by atoms with Crippen LogP contribution < -0.4 is 10.1 Å². The van der Waals surface area contributed by atoms with Gasteiger partial charge >= 0.3 is 0 Å². The maximum absolute atomic E-state index is 5.33. The zero-order valence-corrected chi connectivity index (χ0v) is 11.8. The van der Waals surface area contributed by atoms with E-state index in [0.717, 1.165) is 25.3 Å². The lowest BCUT2D eigenvalue weighted by atomic mass is 9.93. The first-order valence-corrected chi connectivity index (χ1v) is 7.49. The summed E-state index contributed by atoms with van der Waals surface area (Å²) in [5.41, 5.74) is 2.93. The largest absolute Gasteiger partial charge is 0.497 e. The van der Waals surface area contributed by atoms with Crippen LogP contribution in [0.2, 0.25) is 0 Å². The molecular weight excluding hydrogens is 236 g/mol. The Morgan fingerprint density at radius 3 is 2.89 bits per heavy atom. The number of hydrogen-bond donors (Lipinski definition) is 1. The molecular formula is C16H24N2O. The van der Waals surface area contributed by atoms with E-state index >= 15 is 0 Å². The van der Waals surface area contributed by atoms with Crippen molar-refractivity contribution < 1.29 is 4.74 Å². The van der Waals surface area contributed by atoms with Crippen LogP contribution in [0.15, 0.2) is 18.2 Å². The zero-order chi connectivity index (χ0) is 13.1. The van der Waals surface area contributed by atoms with Gasteiger partial charge in [0.2, 0.25) is 0 Å². The third-order valence-electron chi connectivity index (χ3n) is 4.40. The van der Waals surface area contributed by atoms with Gasteiger partial charge < -0.3 is 15.0 Å². The van der Waals surface area contributed by atoms with E-state index in [4.69, 9.17) is 4.74 Å². The van der Waals surface area contributed by atoms with Gasteiger partial charge in [-0.05, 0) is 62.2 Å². The lowest BCUT2D eigenvalue weighted by molar-refractivity contribution is 0.203. The van der Waals surface area contributed by atoms with Crippen molar-refractivity contribution in [1.29, 1.82) is 0 Å². The van der Waals surface area contributed by atoms with Crippen LogP contribution in [0.5, 0.6) is 5.75 Å². The predicted molar refractivity (Wildman–Crippen MR) is 77.7 cm³/mol. The summed E-state index contributed by atoms with van der Waals surface area (Å²) in [7, 11) is 1.74. The summed E-state index contributed by atoms with van der Waals surface area (Å²) >= 11 is 0. The predicted octanol–water partition coefficient (Wildman–Crippen LogP) is 2.37. The normalized spacial score (nSPS) is 23.9. The van der Waals surface area contributed by atoms with Crippen molar-refractivity contribution in [2.45, 2.75) is 31.7 Å². The van der Waals surface area contributed by atoms with Crippen molar-refractivity contribution in [3.8, 4) is 5.75 Å². The van der Waals surface area contributed by atoms with Crippen molar-refractivity contribution in [2.75, 3.05) is 33.3 Å². The first kappa shape index (κ1) is 12.9. The summed E-state index contributed by atoms with van der Waals surface area (Å²) in [4.78, 5) is 2.61. The molecule has 0 bridgehead atoms. The van der Waals surface area contributed by atoms with Gasteiger partial charge in [0, 0.05) is 12.6 Å². The van der Waals surface area contributed by atoms with Crippen LogP contribution in [-0.2, 0) is 6.42 Å². The fourth-order valence-electron chi connectivity index (χ4n) is 3.32. The van der Waals surface area contributed by atoms with Crippen molar-refractivity contribution in [3.63, 3.8) is 0 Å². The molecule has 0 amide bonds. The quantitative estimate of drug-likeness (QED) is 0.903. The lowest BCUT2D eigenvalue weighted by Crippen LogP contribution is -2.41. The SMILES string of the molecule is COc1ccc2c(c1)CCN[C@@H]2CN1CCCCC1. The molecule has 19 heavy (non-hydrogen) atoms. The first-order valence-electron chi connectivity index (χ1n) is 7.49. The van der Waals surface area contributed by atoms with Gasteiger partial charge in [-0.25, -0.2) is 0 Å². The maximum Gasteiger partial charge on any atom is 0.119 e. The van der Waals surface area contributed by atoms with Crippen LogP contribution in [0.3, 0.4) is 0 Å². The summed E-state index contributed by atoms with van der Waals surface area (Å²) in [6.07, 6.45) is 5.25. The molecule has 0 radical (unpaired) electrons. The van der Waals surface area contributed by atoms with Crippen LogP contribution in [0.25, 0.3) is 0 Å². The number of piperidine rings is 1. The number of benzene rings is 1. The summed E-state index contributed by atoms with van der Waals surface area (Å²) in [6, 6.07) is 7.04. The van der Waals surface area contributed by atoms with Gasteiger partial charge in [0.1, 0.15) is 5.75 Å². The molecule has 104 valence electrons. The summed E-state index contributed by atoms with van der Waals surface area (Å²) < 4.78 is 5.33. The van der Waals surface area contributed by atoms with Crippen molar-refractivity contribution in [3.05, 3.63) is 29.3 Å². The summed E-state index contributed by atoms with van der Waals surface area (Å²) in [5, 5.41) is 3.68. The molecule has 2 aliphatic rings. The van der Waals surface area contributed by atoms with Crippen LogP contribution in [0.4, 0.5) is 0 Å². The minimum atomic E-state index is 0.493. The molecule has 3 rings (SSSR count). The molecule has 1 aromatic rings. The highest BCUT2D eigenvalue weighted by molar-refractivity contribution is 5.39. The number of hydrogen-bond acceptors (Lipinski definition) is 3. The van der Waals surface area contributed by atoms with Gasteiger partial charge in [0.25, 0.3) is 0 Å². The van der Waals surface area contributed by atoms with E-state index < -0.39 is 0 Å². The van der Waals surface area contributed by atoms with Gasteiger partial charge in [-0.15, -0.1) is 0 Å². The standard InChI is InChI=1S/C16H24N2O/c1-19-14-5-6-15-13(11-14)7-8-17-16(15)12-18-9-3-2-4-10-18/h5-6,11,16-17H,2-4,7-10,12H2,1H3/t16-/m1/s1. The van der Waals surface area contributed by atoms with E-state index in [1.54, 1.807) is 7.11 Å². The minimum Gasteiger partial charge on any atom is -0.497 e. The number of methoxy groups -OCH3 is 1. The number of nitrogens with zero attached hydrogens (tertiary/aromatic N) is 1. The van der Waals surface area contributed by atoms with E-state index in [0.29, 0.717) is 6.04 Å². The Morgan fingerprint density at radius 1 is 1.26 bits per heavy atom. The molecule has 0 aromatic heterocycles. The van der Waals surface area contributed by atoms with Crippen molar-refractivity contribution in [2.24, 2.45) is 0 Å². The number of rotatable bonds is 3. The van der Waals surface area contributed by atoms with Crippen LogP contribution in [-0.4, -0.2) is 38.2 Å². The fraction of sp³-hybridized carbons (Fsp3) is 0.625. The summed E-state index contributed by atoms with van der Waals surface area (Å²) in [5.74, 6) is 0.984. The van der Waals surface area contributed by atoms with Crippen molar-refractivity contribution in [1.82, 2.24) is 10.2 Å². The highest BCUT2D eigenvalue weighted by Crippen LogP contribution is 2.27. The van der Waals surface area contributed by atoms with Gasteiger partial charge in [0.05, 0.1) is 7.11 Å². The molecule has 1 aromatic carbocycles. The van der Waals surface area contributed by atoms with E-state index in [-0.39, 0.29) is 0 Å². The molecule has 0 unspecified atom stereocenters. The molecule has 3 heteroatoms. The highest BCUT2D eigenvalue weighted by atomic mass is 16.5.